The Kier molecular flexibility index (Phi) is 18.2. The molecule has 0 aliphatic carbocycles. The van der Waals surface area contributed by atoms with Crippen LogP contribution in [0, 0.1) is 0 Å². The van der Waals surface area contributed by atoms with Crippen molar-refractivity contribution in [1.29, 1.82) is 0 Å². The van der Waals surface area contributed by atoms with Crippen molar-refractivity contribution >= 4 is 6.09 Å². The van der Waals surface area contributed by atoms with Crippen LogP contribution in [0.25, 0.3) is 0 Å². The summed E-state index contributed by atoms with van der Waals surface area (Å²) in [6.45, 7) is 3.14. The van der Waals surface area contributed by atoms with Crippen LogP contribution in [0.2, 0.25) is 0 Å². The van der Waals surface area contributed by atoms with E-state index in [1.807, 2.05) is 12.1 Å². The summed E-state index contributed by atoms with van der Waals surface area (Å²) in [4.78, 5) is 11.9. The Morgan fingerprint density at radius 2 is 1.09 bits per heavy atom. The minimum Gasteiger partial charge on any atom is -0.497 e. The fourth-order valence-electron chi connectivity index (χ4n) is 4.01. The van der Waals surface area contributed by atoms with E-state index >= 15 is 0 Å². The van der Waals surface area contributed by atoms with Crippen LogP contribution < -0.4 is 14.8 Å². The van der Waals surface area contributed by atoms with Gasteiger partial charge in [-0.3, -0.25) is 0 Å². The van der Waals surface area contributed by atoms with Crippen molar-refractivity contribution in [1.82, 2.24) is 5.32 Å². The zero-order chi connectivity index (χ0) is 24.0. The maximum atomic E-state index is 11.9. The van der Waals surface area contributed by atoms with E-state index in [9.17, 15) is 4.79 Å². The number of methoxy groups -OCH3 is 2. The number of nitrogens with one attached hydrogen (secondary N) is 1. The fraction of sp³-hybridized carbons (Fsp3) is 0.750. The first-order valence-corrected chi connectivity index (χ1v) is 13.3. The molecule has 1 amide bonds. The van der Waals surface area contributed by atoms with Crippen LogP contribution in [0.3, 0.4) is 0 Å². The highest BCUT2D eigenvalue weighted by Crippen LogP contribution is 2.23. The van der Waals surface area contributed by atoms with Gasteiger partial charge in [-0.25, -0.2) is 4.79 Å². The zero-order valence-electron chi connectivity index (χ0n) is 21.6. The lowest BCUT2D eigenvalue weighted by Crippen LogP contribution is -2.25. The first-order chi connectivity index (χ1) is 16.2. The van der Waals surface area contributed by atoms with Crippen molar-refractivity contribution in [3.63, 3.8) is 0 Å². The van der Waals surface area contributed by atoms with Crippen molar-refractivity contribution in [2.45, 2.75) is 116 Å². The van der Waals surface area contributed by atoms with E-state index in [1.165, 1.54) is 89.9 Å². The molecule has 0 aliphatic heterocycles. The third-order valence-electron chi connectivity index (χ3n) is 6.08. The molecule has 0 unspecified atom stereocenters. The second kappa shape index (κ2) is 20.7. The van der Waals surface area contributed by atoms with Crippen LogP contribution in [-0.2, 0) is 11.3 Å². The molecule has 1 N–H and O–H groups in total. The number of alkyl carbamates (subject to hydrolysis) is 1. The molecule has 0 heterocycles. The number of amides is 1. The topological polar surface area (TPSA) is 56.8 Å². The molecule has 1 aromatic carbocycles. The van der Waals surface area contributed by atoms with Crippen LogP contribution >= 0.6 is 0 Å². The van der Waals surface area contributed by atoms with E-state index in [0.717, 1.165) is 18.4 Å². The van der Waals surface area contributed by atoms with Gasteiger partial charge in [-0.1, -0.05) is 103 Å². The predicted octanol–water partition coefficient (Wildman–Crippen LogP) is 8.19. The normalized spacial score (nSPS) is 10.8. The number of rotatable bonds is 21. The number of carbonyl (C=O) groups excluding carboxylic acids is 1. The molecule has 0 fully saturated rings. The van der Waals surface area contributed by atoms with E-state index in [0.29, 0.717) is 18.0 Å². The Bertz CT molecular complexity index is 583. The maximum Gasteiger partial charge on any atom is 0.407 e. The second-order valence-corrected chi connectivity index (χ2v) is 9.03. The van der Waals surface area contributed by atoms with Gasteiger partial charge < -0.3 is 19.5 Å². The lowest BCUT2D eigenvalue weighted by atomic mass is 10.0. The molecule has 190 valence electrons. The molecule has 5 nitrogen and oxygen atoms in total. The number of hydrogen-bond acceptors (Lipinski definition) is 4. The van der Waals surface area contributed by atoms with Crippen LogP contribution in [0.1, 0.15) is 115 Å². The maximum absolute atomic E-state index is 11.9. The average Bonchev–Trinajstić information content (AvgIpc) is 2.84. The van der Waals surface area contributed by atoms with Gasteiger partial charge in [0.25, 0.3) is 0 Å². The minimum absolute atomic E-state index is 0.193. The van der Waals surface area contributed by atoms with Gasteiger partial charge in [-0.2, -0.15) is 0 Å². The molecule has 5 heteroatoms. The lowest BCUT2D eigenvalue weighted by Gasteiger charge is -2.10. The van der Waals surface area contributed by atoms with Crippen LogP contribution in [0.5, 0.6) is 11.5 Å². The summed E-state index contributed by atoms with van der Waals surface area (Å²) in [5.41, 5.74) is 0.837. The van der Waals surface area contributed by atoms with Crippen LogP contribution in [0.15, 0.2) is 18.2 Å². The Hall–Kier alpha value is -1.91. The van der Waals surface area contributed by atoms with Crippen molar-refractivity contribution in [3.8, 4) is 11.5 Å². The van der Waals surface area contributed by atoms with Gasteiger partial charge in [0.2, 0.25) is 0 Å². The predicted molar refractivity (Wildman–Crippen MR) is 137 cm³/mol. The van der Waals surface area contributed by atoms with Gasteiger partial charge in [-0.15, -0.1) is 0 Å². The SMILES string of the molecule is CCCCCCCCCCCCCCCCCCNC(=O)OCc1cc(OC)cc(OC)c1. The van der Waals surface area contributed by atoms with Gasteiger partial charge in [0.05, 0.1) is 14.2 Å². The third-order valence-corrected chi connectivity index (χ3v) is 6.08. The average molecular weight is 464 g/mol. The molecule has 0 bridgehead atoms. The number of hydrogen-bond donors (Lipinski definition) is 1. The van der Waals surface area contributed by atoms with E-state index < -0.39 is 0 Å². The highest BCUT2D eigenvalue weighted by Gasteiger charge is 2.06. The molecule has 0 aromatic heterocycles. The summed E-state index contributed by atoms with van der Waals surface area (Å²) in [5, 5.41) is 2.84. The van der Waals surface area contributed by atoms with Crippen molar-refractivity contribution in [2.24, 2.45) is 0 Å². The summed E-state index contributed by atoms with van der Waals surface area (Å²) in [5.74, 6) is 1.36. The summed E-state index contributed by atoms with van der Waals surface area (Å²) >= 11 is 0. The Morgan fingerprint density at radius 1 is 0.667 bits per heavy atom. The molecule has 1 rings (SSSR count). The van der Waals surface area contributed by atoms with Gasteiger partial charge in [0.1, 0.15) is 18.1 Å². The first-order valence-electron chi connectivity index (χ1n) is 13.3. The van der Waals surface area contributed by atoms with E-state index in [2.05, 4.69) is 12.2 Å². The van der Waals surface area contributed by atoms with E-state index in [4.69, 9.17) is 14.2 Å². The van der Waals surface area contributed by atoms with E-state index in [1.54, 1.807) is 20.3 Å². The standard InChI is InChI=1S/C28H49NO4/c1-4-5-6-7-8-9-10-11-12-13-14-15-16-17-18-19-20-29-28(30)33-24-25-21-26(31-2)23-27(22-25)32-3/h21-23H,4-20,24H2,1-3H3,(H,29,30). The van der Waals surface area contributed by atoms with Crippen molar-refractivity contribution < 1.29 is 19.0 Å². The smallest absolute Gasteiger partial charge is 0.407 e. The summed E-state index contributed by atoms with van der Waals surface area (Å²) < 4.78 is 15.8. The number of ether oxygens (including phenoxy) is 3. The molecule has 0 saturated carbocycles. The monoisotopic (exact) mass is 463 g/mol. The molecular formula is C28H49NO4. The number of unbranched alkanes of at least 4 members (excludes halogenated alkanes) is 15. The molecule has 0 atom stereocenters. The highest BCUT2D eigenvalue weighted by atomic mass is 16.5. The summed E-state index contributed by atoms with van der Waals surface area (Å²) in [6.07, 6.45) is 21.2. The third kappa shape index (κ3) is 16.4. The van der Waals surface area contributed by atoms with Gasteiger partial charge >= 0.3 is 6.09 Å². The van der Waals surface area contributed by atoms with Gasteiger partial charge in [-0.05, 0) is 24.1 Å². The molecule has 0 aliphatic rings. The fourth-order valence-corrected chi connectivity index (χ4v) is 4.01. The molecular weight excluding hydrogens is 414 g/mol. The van der Waals surface area contributed by atoms with E-state index in [-0.39, 0.29) is 12.7 Å². The lowest BCUT2D eigenvalue weighted by molar-refractivity contribution is 0.139. The number of benzene rings is 1. The van der Waals surface area contributed by atoms with Crippen LogP contribution in [-0.4, -0.2) is 26.9 Å². The van der Waals surface area contributed by atoms with Crippen molar-refractivity contribution in [2.75, 3.05) is 20.8 Å². The molecule has 0 saturated heterocycles. The quantitative estimate of drug-likeness (QED) is 0.187. The molecule has 1 aromatic rings. The highest BCUT2D eigenvalue weighted by molar-refractivity contribution is 5.67. The van der Waals surface area contributed by atoms with Crippen molar-refractivity contribution in [3.05, 3.63) is 23.8 Å². The first kappa shape index (κ1) is 29.1. The Balaban J connectivity index is 1.88. The van der Waals surface area contributed by atoms with Gasteiger partial charge in [0, 0.05) is 12.6 Å². The summed E-state index contributed by atoms with van der Waals surface area (Å²) in [6, 6.07) is 5.47. The second-order valence-electron chi connectivity index (χ2n) is 9.03. The van der Waals surface area contributed by atoms with Crippen LogP contribution in [0.4, 0.5) is 4.79 Å². The Morgan fingerprint density at radius 3 is 1.52 bits per heavy atom. The van der Waals surface area contributed by atoms with Gasteiger partial charge in [0.15, 0.2) is 0 Å². The number of carbonyl (C=O) groups is 1. The largest absolute Gasteiger partial charge is 0.497 e. The minimum atomic E-state index is -0.377. The summed E-state index contributed by atoms with van der Waals surface area (Å²) in [7, 11) is 3.20. The molecule has 0 radical (unpaired) electrons. The Labute approximate surface area is 203 Å². The molecule has 33 heavy (non-hydrogen) atoms. The molecule has 0 spiro atoms. The zero-order valence-corrected chi connectivity index (χ0v) is 21.6.